The Morgan fingerprint density at radius 2 is 1.67 bits per heavy atom. The summed E-state index contributed by atoms with van der Waals surface area (Å²) in [7, 11) is -4.19. The number of carbonyl (C=O) groups excluding carboxylic acids is 2. The van der Waals surface area contributed by atoms with Gasteiger partial charge in [0.25, 0.3) is 10.0 Å². The molecule has 0 heterocycles. The van der Waals surface area contributed by atoms with Crippen LogP contribution in [0.25, 0.3) is 0 Å². The van der Waals surface area contributed by atoms with Gasteiger partial charge in [0.05, 0.1) is 17.2 Å². The van der Waals surface area contributed by atoms with Crippen LogP contribution in [0.3, 0.4) is 0 Å². The Morgan fingerprint density at radius 3 is 2.30 bits per heavy atom. The minimum Gasteiger partial charge on any atom is -0.494 e. The predicted octanol–water partition coefficient (Wildman–Crippen LogP) is 6.11. The van der Waals surface area contributed by atoms with Crippen LogP contribution >= 0.6 is 11.6 Å². The van der Waals surface area contributed by atoms with Gasteiger partial charge in [-0.1, -0.05) is 60.7 Å². The van der Waals surface area contributed by atoms with E-state index < -0.39 is 28.5 Å². The second-order valence-electron chi connectivity index (χ2n) is 10.9. The summed E-state index contributed by atoms with van der Waals surface area (Å²) in [6.45, 7) is 5.61. The van der Waals surface area contributed by atoms with Crippen molar-refractivity contribution in [3.63, 3.8) is 0 Å². The zero-order valence-corrected chi connectivity index (χ0v) is 26.5. The number of ether oxygens (including phenoxy) is 1. The molecule has 8 nitrogen and oxygen atoms in total. The van der Waals surface area contributed by atoms with E-state index >= 15 is 0 Å². The monoisotopic (exact) mass is 625 g/mol. The summed E-state index contributed by atoms with van der Waals surface area (Å²) in [5, 5.41) is 3.52. The highest BCUT2D eigenvalue weighted by molar-refractivity contribution is 7.92. The molecule has 0 saturated heterocycles. The Bertz CT molecular complexity index is 1490. The lowest BCUT2D eigenvalue weighted by Gasteiger charge is -2.33. The molecule has 1 N–H and O–H groups in total. The first kappa shape index (κ1) is 32.4. The number of rotatable bonds is 12. The first-order chi connectivity index (χ1) is 20.6. The minimum absolute atomic E-state index is 0.00749. The summed E-state index contributed by atoms with van der Waals surface area (Å²) in [5.41, 5.74) is 2.16. The van der Waals surface area contributed by atoms with Crippen molar-refractivity contribution in [1.82, 2.24) is 10.2 Å². The predicted molar refractivity (Wildman–Crippen MR) is 170 cm³/mol. The molecule has 1 unspecified atom stereocenters. The molecule has 4 rings (SSSR count). The lowest BCUT2D eigenvalue weighted by molar-refractivity contribution is -0.139. The van der Waals surface area contributed by atoms with Crippen molar-refractivity contribution in [2.75, 3.05) is 17.5 Å². The zero-order chi connectivity index (χ0) is 31.0. The van der Waals surface area contributed by atoms with Gasteiger partial charge in [0.1, 0.15) is 18.3 Å². The Balaban J connectivity index is 1.68. The maximum absolute atomic E-state index is 14.1. The summed E-state index contributed by atoms with van der Waals surface area (Å²) in [6.07, 6.45) is 5.10. The van der Waals surface area contributed by atoms with Gasteiger partial charge in [0, 0.05) is 17.6 Å². The van der Waals surface area contributed by atoms with E-state index in [0.29, 0.717) is 23.1 Å². The normalized spacial score (nSPS) is 14.5. The van der Waals surface area contributed by atoms with Gasteiger partial charge in [-0.05, 0) is 87.7 Å². The molecule has 3 aromatic carbocycles. The van der Waals surface area contributed by atoms with E-state index in [0.717, 1.165) is 47.5 Å². The van der Waals surface area contributed by atoms with Gasteiger partial charge in [-0.3, -0.25) is 13.9 Å². The van der Waals surface area contributed by atoms with Crippen LogP contribution in [0, 0.1) is 6.92 Å². The third-order valence-electron chi connectivity index (χ3n) is 7.67. The van der Waals surface area contributed by atoms with Crippen LogP contribution < -0.4 is 14.4 Å². The Kier molecular flexibility index (Phi) is 11.1. The maximum atomic E-state index is 14.1. The molecule has 1 atom stereocenters. The summed E-state index contributed by atoms with van der Waals surface area (Å²) in [5.74, 6) is -0.171. The molecule has 1 aliphatic rings. The van der Waals surface area contributed by atoms with Gasteiger partial charge in [0.2, 0.25) is 11.8 Å². The standard InChI is InChI=1S/C33H40ClN3O5S/c1-4-42-30-17-15-29(16-18-30)37(43(40,41)31-19-13-27(34)14-20-31)23-32(38)36(22-26-10-8-9-24(2)21-26)25(3)33(39)35-28-11-6-5-7-12-28/h8-10,13-21,25,28H,4-7,11-12,22-23H2,1-3H3,(H,35,39). The Hall–Kier alpha value is -3.56. The van der Waals surface area contributed by atoms with E-state index in [4.69, 9.17) is 16.3 Å². The second-order valence-corrected chi connectivity index (χ2v) is 13.2. The number of aryl methyl sites for hydroxylation is 1. The van der Waals surface area contributed by atoms with Crippen molar-refractivity contribution in [3.05, 3.63) is 88.9 Å². The fourth-order valence-electron chi connectivity index (χ4n) is 5.30. The van der Waals surface area contributed by atoms with Crippen molar-refractivity contribution in [1.29, 1.82) is 0 Å². The molecule has 0 spiro atoms. The topological polar surface area (TPSA) is 96.0 Å². The summed E-state index contributed by atoms with van der Waals surface area (Å²) >= 11 is 6.03. The van der Waals surface area contributed by atoms with Crippen molar-refractivity contribution >= 4 is 39.1 Å². The third kappa shape index (κ3) is 8.51. The number of carbonyl (C=O) groups is 2. The first-order valence-electron chi connectivity index (χ1n) is 14.7. The number of halogens is 1. The average Bonchev–Trinajstić information content (AvgIpc) is 2.99. The van der Waals surface area contributed by atoms with Crippen molar-refractivity contribution < 1.29 is 22.7 Å². The van der Waals surface area contributed by atoms with Crippen LogP contribution in [0.1, 0.15) is 57.1 Å². The van der Waals surface area contributed by atoms with E-state index in [1.165, 1.54) is 29.2 Å². The summed E-state index contributed by atoms with van der Waals surface area (Å²) in [4.78, 5) is 29.1. The number of benzene rings is 3. The molecule has 10 heteroatoms. The fourth-order valence-corrected chi connectivity index (χ4v) is 6.84. The van der Waals surface area contributed by atoms with Gasteiger partial charge in [-0.2, -0.15) is 0 Å². The van der Waals surface area contributed by atoms with Crippen LogP contribution in [0.2, 0.25) is 5.02 Å². The lowest BCUT2D eigenvalue weighted by Crippen LogP contribution is -2.53. The Morgan fingerprint density at radius 1 is 1.00 bits per heavy atom. The molecule has 0 aromatic heterocycles. The molecule has 0 radical (unpaired) electrons. The largest absolute Gasteiger partial charge is 0.494 e. The van der Waals surface area contributed by atoms with Gasteiger partial charge < -0.3 is 15.0 Å². The van der Waals surface area contributed by atoms with Crippen LogP contribution in [-0.2, 0) is 26.2 Å². The Labute approximate surface area is 260 Å². The molecule has 230 valence electrons. The molecule has 3 aromatic rings. The highest BCUT2D eigenvalue weighted by atomic mass is 35.5. The second kappa shape index (κ2) is 14.8. The lowest BCUT2D eigenvalue weighted by atomic mass is 9.95. The van der Waals surface area contributed by atoms with Crippen molar-refractivity contribution in [2.24, 2.45) is 0 Å². The number of hydrogen-bond donors (Lipinski definition) is 1. The molecular formula is C33H40ClN3O5S. The van der Waals surface area contributed by atoms with E-state index in [2.05, 4.69) is 5.32 Å². The number of hydrogen-bond acceptors (Lipinski definition) is 5. The van der Waals surface area contributed by atoms with Gasteiger partial charge in [-0.15, -0.1) is 0 Å². The molecule has 43 heavy (non-hydrogen) atoms. The van der Waals surface area contributed by atoms with Gasteiger partial charge in [-0.25, -0.2) is 8.42 Å². The summed E-state index contributed by atoms with van der Waals surface area (Å²) in [6, 6.07) is 19.3. The van der Waals surface area contributed by atoms with Crippen molar-refractivity contribution in [2.45, 2.75) is 76.4 Å². The quantitative estimate of drug-likeness (QED) is 0.262. The molecule has 0 aliphatic heterocycles. The van der Waals surface area contributed by atoms with Crippen LogP contribution in [0.5, 0.6) is 5.75 Å². The fraction of sp³-hybridized carbons (Fsp3) is 0.394. The number of sulfonamides is 1. The molecule has 0 bridgehead atoms. The smallest absolute Gasteiger partial charge is 0.264 e. The maximum Gasteiger partial charge on any atom is 0.264 e. The minimum atomic E-state index is -4.19. The van der Waals surface area contributed by atoms with Crippen molar-refractivity contribution in [3.8, 4) is 5.75 Å². The number of nitrogens with one attached hydrogen (secondary N) is 1. The zero-order valence-electron chi connectivity index (χ0n) is 25.0. The van der Waals surface area contributed by atoms with E-state index in [-0.39, 0.29) is 23.4 Å². The molecular weight excluding hydrogens is 586 g/mol. The molecule has 1 aliphatic carbocycles. The van der Waals surface area contributed by atoms with E-state index in [1.807, 2.05) is 38.1 Å². The van der Waals surface area contributed by atoms with E-state index in [9.17, 15) is 18.0 Å². The third-order valence-corrected chi connectivity index (χ3v) is 9.71. The van der Waals surface area contributed by atoms with Gasteiger partial charge >= 0.3 is 0 Å². The molecule has 2 amide bonds. The van der Waals surface area contributed by atoms with Crippen LogP contribution in [0.4, 0.5) is 5.69 Å². The first-order valence-corrected chi connectivity index (χ1v) is 16.6. The van der Waals surface area contributed by atoms with Crippen LogP contribution in [0.15, 0.2) is 77.7 Å². The SMILES string of the molecule is CCOc1ccc(N(CC(=O)N(Cc2cccc(C)c2)C(C)C(=O)NC2CCCCC2)S(=O)(=O)c2ccc(Cl)cc2)cc1. The highest BCUT2D eigenvalue weighted by Crippen LogP contribution is 2.27. The number of amides is 2. The number of nitrogens with zero attached hydrogens (tertiary/aromatic N) is 2. The van der Waals surface area contributed by atoms with Gasteiger partial charge in [0.15, 0.2) is 0 Å². The summed E-state index contributed by atoms with van der Waals surface area (Å²) < 4.78 is 34.6. The highest BCUT2D eigenvalue weighted by Gasteiger charge is 2.33. The number of anilines is 1. The molecule has 1 fully saturated rings. The average molecular weight is 626 g/mol. The van der Waals surface area contributed by atoms with Crippen LogP contribution in [-0.4, -0.2) is 50.4 Å². The van der Waals surface area contributed by atoms with E-state index in [1.54, 1.807) is 31.2 Å². The molecule has 1 saturated carbocycles.